The van der Waals surface area contributed by atoms with Gasteiger partial charge in [-0.15, -0.1) is 0 Å². The zero-order chi connectivity index (χ0) is 21.5. The lowest BCUT2D eigenvalue weighted by Gasteiger charge is -2.11. The molecule has 0 spiro atoms. The number of methoxy groups -OCH3 is 1. The minimum Gasteiger partial charge on any atom is -0.493 e. The second-order valence-corrected chi connectivity index (χ2v) is 6.88. The van der Waals surface area contributed by atoms with E-state index in [1.165, 1.54) is 0 Å². The smallest absolute Gasteiger partial charge is 0.251 e. The SMILES string of the molecule is COc1ccccc1Oc1ccc(NC(=O)CNC(=O)c2cc(C)cc(C)c2)cc1. The summed E-state index contributed by atoms with van der Waals surface area (Å²) in [7, 11) is 1.58. The molecule has 0 atom stereocenters. The number of rotatable bonds is 7. The van der Waals surface area contributed by atoms with Gasteiger partial charge in [0, 0.05) is 11.3 Å². The molecule has 0 saturated heterocycles. The number of aryl methyl sites for hydroxylation is 2. The van der Waals surface area contributed by atoms with Gasteiger partial charge in [0.05, 0.1) is 13.7 Å². The molecule has 0 saturated carbocycles. The molecule has 3 rings (SSSR count). The molecule has 0 unspecified atom stereocenters. The van der Waals surface area contributed by atoms with E-state index in [1.807, 2.05) is 44.2 Å². The molecule has 0 heterocycles. The quantitative estimate of drug-likeness (QED) is 0.609. The Morgan fingerprint density at radius 3 is 2.13 bits per heavy atom. The normalized spacial score (nSPS) is 10.2. The molecule has 0 aromatic heterocycles. The third-order valence-electron chi connectivity index (χ3n) is 4.33. The predicted octanol–water partition coefficient (Wildman–Crippen LogP) is 4.47. The highest BCUT2D eigenvalue weighted by molar-refractivity contribution is 5.99. The number of para-hydroxylation sites is 2. The van der Waals surface area contributed by atoms with E-state index < -0.39 is 0 Å². The van der Waals surface area contributed by atoms with Crippen molar-refractivity contribution >= 4 is 17.5 Å². The van der Waals surface area contributed by atoms with E-state index in [1.54, 1.807) is 43.5 Å². The molecule has 2 amide bonds. The molecule has 0 aliphatic heterocycles. The number of amides is 2. The fourth-order valence-electron chi connectivity index (χ4n) is 3.01. The summed E-state index contributed by atoms with van der Waals surface area (Å²) in [6.45, 7) is 3.74. The molecular formula is C24H24N2O4. The second kappa shape index (κ2) is 9.60. The summed E-state index contributed by atoms with van der Waals surface area (Å²) in [5.41, 5.74) is 3.14. The van der Waals surface area contributed by atoms with E-state index in [0.29, 0.717) is 28.5 Å². The number of benzene rings is 3. The first-order chi connectivity index (χ1) is 14.4. The van der Waals surface area contributed by atoms with Crippen molar-refractivity contribution in [3.8, 4) is 17.2 Å². The maximum absolute atomic E-state index is 12.3. The van der Waals surface area contributed by atoms with Crippen LogP contribution in [0.25, 0.3) is 0 Å². The van der Waals surface area contributed by atoms with Crippen LogP contribution in [0.4, 0.5) is 5.69 Å². The van der Waals surface area contributed by atoms with Crippen LogP contribution in [-0.2, 0) is 4.79 Å². The van der Waals surface area contributed by atoms with Crippen LogP contribution in [0.2, 0.25) is 0 Å². The van der Waals surface area contributed by atoms with Crippen molar-refractivity contribution in [1.29, 1.82) is 0 Å². The van der Waals surface area contributed by atoms with Gasteiger partial charge in [-0.2, -0.15) is 0 Å². The molecular weight excluding hydrogens is 380 g/mol. The van der Waals surface area contributed by atoms with Gasteiger partial charge >= 0.3 is 0 Å². The van der Waals surface area contributed by atoms with Gasteiger partial charge in [0.2, 0.25) is 5.91 Å². The first-order valence-electron chi connectivity index (χ1n) is 9.52. The highest BCUT2D eigenvalue weighted by atomic mass is 16.5. The summed E-state index contributed by atoms with van der Waals surface area (Å²) in [6.07, 6.45) is 0. The minimum atomic E-state index is -0.314. The van der Waals surface area contributed by atoms with Gasteiger partial charge in [0.25, 0.3) is 5.91 Å². The number of ether oxygens (including phenoxy) is 2. The van der Waals surface area contributed by atoms with E-state index >= 15 is 0 Å². The Hall–Kier alpha value is -3.80. The van der Waals surface area contributed by atoms with Crippen molar-refractivity contribution < 1.29 is 19.1 Å². The number of nitrogens with one attached hydrogen (secondary N) is 2. The number of anilines is 1. The monoisotopic (exact) mass is 404 g/mol. The van der Waals surface area contributed by atoms with Crippen molar-refractivity contribution in [3.63, 3.8) is 0 Å². The molecule has 6 heteroatoms. The zero-order valence-electron chi connectivity index (χ0n) is 17.2. The Morgan fingerprint density at radius 1 is 0.867 bits per heavy atom. The van der Waals surface area contributed by atoms with E-state index in [-0.39, 0.29) is 18.4 Å². The first kappa shape index (κ1) is 20.9. The minimum absolute atomic E-state index is 0.120. The van der Waals surface area contributed by atoms with Crippen LogP contribution in [-0.4, -0.2) is 25.5 Å². The largest absolute Gasteiger partial charge is 0.493 e. The van der Waals surface area contributed by atoms with E-state index in [4.69, 9.17) is 9.47 Å². The van der Waals surface area contributed by atoms with Crippen LogP contribution in [0.15, 0.2) is 66.7 Å². The third kappa shape index (κ3) is 5.61. The average molecular weight is 404 g/mol. The second-order valence-electron chi connectivity index (χ2n) is 6.88. The van der Waals surface area contributed by atoms with Crippen LogP contribution in [0, 0.1) is 13.8 Å². The first-order valence-corrected chi connectivity index (χ1v) is 9.52. The number of hydrogen-bond donors (Lipinski definition) is 2. The Kier molecular flexibility index (Phi) is 6.70. The number of carbonyl (C=O) groups excluding carboxylic acids is 2. The number of hydrogen-bond acceptors (Lipinski definition) is 4. The van der Waals surface area contributed by atoms with Crippen molar-refractivity contribution in [1.82, 2.24) is 5.32 Å². The van der Waals surface area contributed by atoms with Gasteiger partial charge in [0.15, 0.2) is 11.5 Å². The standard InChI is InChI=1S/C24H24N2O4/c1-16-12-17(2)14-18(13-16)24(28)25-15-23(27)26-19-8-10-20(11-9-19)30-22-7-5-4-6-21(22)29-3/h4-14H,15H2,1-3H3,(H,25,28)(H,26,27). The molecule has 30 heavy (non-hydrogen) atoms. The third-order valence-corrected chi connectivity index (χ3v) is 4.33. The van der Waals surface area contributed by atoms with Gasteiger partial charge < -0.3 is 20.1 Å². The highest BCUT2D eigenvalue weighted by Gasteiger charge is 2.10. The average Bonchev–Trinajstić information content (AvgIpc) is 2.73. The summed E-state index contributed by atoms with van der Waals surface area (Å²) in [5, 5.41) is 5.39. The molecule has 0 radical (unpaired) electrons. The lowest BCUT2D eigenvalue weighted by molar-refractivity contribution is -0.115. The number of carbonyl (C=O) groups is 2. The molecule has 3 aromatic carbocycles. The van der Waals surface area contributed by atoms with E-state index in [0.717, 1.165) is 11.1 Å². The molecule has 3 aromatic rings. The maximum Gasteiger partial charge on any atom is 0.251 e. The van der Waals surface area contributed by atoms with Gasteiger partial charge in [-0.05, 0) is 62.4 Å². The van der Waals surface area contributed by atoms with Gasteiger partial charge in [0.1, 0.15) is 5.75 Å². The Balaban J connectivity index is 1.53. The zero-order valence-corrected chi connectivity index (χ0v) is 17.2. The van der Waals surface area contributed by atoms with Crippen molar-refractivity contribution in [2.75, 3.05) is 19.0 Å². The van der Waals surface area contributed by atoms with Crippen LogP contribution in [0.5, 0.6) is 17.2 Å². The molecule has 0 aliphatic carbocycles. The van der Waals surface area contributed by atoms with E-state index in [2.05, 4.69) is 10.6 Å². The molecule has 0 aliphatic rings. The van der Waals surface area contributed by atoms with Gasteiger partial charge in [-0.1, -0.05) is 29.3 Å². The summed E-state index contributed by atoms with van der Waals surface area (Å²) in [4.78, 5) is 24.4. The predicted molar refractivity (Wildman–Crippen MR) is 116 cm³/mol. The summed E-state index contributed by atoms with van der Waals surface area (Å²) in [6, 6.07) is 19.9. The fourth-order valence-corrected chi connectivity index (χ4v) is 3.01. The van der Waals surface area contributed by atoms with Gasteiger partial charge in [-0.3, -0.25) is 9.59 Å². The molecule has 0 bridgehead atoms. The topological polar surface area (TPSA) is 76.7 Å². The van der Waals surface area contributed by atoms with Crippen molar-refractivity contribution in [2.45, 2.75) is 13.8 Å². The molecule has 6 nitrogen and oxygen atoms in total. The molecule has 154 valence electrons. The lowest BCUT2D eigenvalue weighted by Crippen LogP contribution is -2.32. The Labute approximate surface area is 175 Å². The summed E-state index contributed by atoms with van der Waals surface area (Å²) < 4.78 is 11.1. The Morgan fingerprint density at radius 2 is 1.50 bits per heavy atom. The summed E-state index contributed by atoms with van der Waals surface area (Å²) >= 11 is 0. The maximum atomic E-state index is 12.3. The van der Waals surface area contributed by atoms with Crippen LogP contribution < -0.4 is 20.1 Å². The molecule has 2 N–H and O–H groups in total. The van der Waals surface area contributed by atoms with E-state index in [9.17, 15) is 9.59 Å². The van der Waals surface area contributed by atoms with Crippen LogP contribution in [0.1, 0.15) is 21.5 Å². The summed E-state index contributed by atoms with van der Waals surface area (Å²) in [5.74, 6) is 1.25. The van der Waals surface area contributed by atoms with Crippen LogP contribution in [0.3, 0.4) is 0 Å². The van der Waals surface area contributed by atoms with Crippen LogP contribution >= 0.6 is 0 Å². The van der Waals surface area contributed by atoms with Crippen molar-refractivity contribution in [3.05, 3.63) is 83.4 Å². The highest BCUT2D eigenvalue weighted by Crippen LogP contribution is 2.31. The van der Waals surface area contributed by atoms with Gasteiger partial charge in [-0.25, -0.2) is 0 Å². The fraction of sp³-hybridized carbons (Fsp3) is 0.167. The van der Waals surface area contributed by atoms with Crippen molar-refractivity contribution in [2.24, 2.45) is 0 Å². The Bertz CT molecular complexity index is 1030. The molecule has 0 fully saturated rings. The lowest BCUT2D eigenvalue weighted by atomic mass is 10.1.